The molecule has 0 radical (unpaired) electrons. The zero-order chi connectivity index (χ0) is 17.8. The molecule has 0 saturated heterocycles. The zero-order valence-electron chi connectivity index (χ0n) is 13.6. The Bertz CT molecular complexity index is 852. The maximum Gasteiger partial charge on any atom is 0.137 e. The Hall–Kier alpha value is -0.970. The molecule has 0 aliphatic heterocycles. The Labute approximate surface area is 178 Å². The SMILES string of the molecule is Cl.Clc1ccc(CCC(Cn2cncn2)c2ccc(Cl)cc2Cl)c(Cl)c1. The summed E-state index contributed by atoms with van der Waals surface area (Å²) in [6.45, 7) is 0.673. The molecular weight excluding hydrogens is 435 g/mol. The second-order valence-corrected chi connectivity index (χ2v) is 7.44. The predicted molar refractivity (Wildman–Crippen MR) is 111 cm³/mol. The average Bonchev–Trinajstić information content (AvgIpc) is 3.06. The zero-order valence-corrected chi connectivity index (χ0v) is 17.4. The van der Waals surface area contributed by atoms with E-state index in [2.05, 4.69) is 10.1 Å². The molecule has 3 aromatic rings. The van der Waals surface area contributed by atoms with Gasteiger partial charge in [0.15, 0.2) is 0 Å². The summed E-state index contributed by atoms with van der Waals surface area (Å²) in [5, 5.41) is 6.79. The van der Waals surface area contributed by atoms with E-state index < -0.39 is 0 Å². The van der Waals surface area contributed by atoms with E-state index in [1.165, 1.54) is 6.33 Å². The van der Waals surface area contributed by atoms with Crippen LogP contribution >= 0.6 is 58.8 Å². The summed E-state index contributed by atoms with van der Waals surface area (Å²) in [7, 11) is 0. The number of hydrogen-bond donors (Lipinski definition) is 0. The van der Waals surface area contributed by atoms with Crippen molar-refractivity contribution in [1.29, 1.82) is 0 Å². The van der Waals surface area contributed by atoms with Crippen LogP contribution in [0.15, 0.2) is 49.1 Å². The highest BCUT2D eigenvalue weighted by Crippen LogP contribution is 2.33. The van der Waals surface area contributed by atoms with Gasteiger partial charge in [0.2, 0.25) is 0 Å². The summed E-state index contributed by atoms with van der Waals surface area (Å²) in [6.07, 6.45) is 4.87. The predicted octanol–water partition coefficient (Wildman–Crippen LogP) is 6.73. The molecule has 0 spiro atoms. The molecule has 138 valence electrons. The van der Waals surface area contributed by atoms with E-state index in [-0.39, 0.29) is 18.3 Å². The maximum absolute atomic E-state index is 6.42. The fourth-order valence-corrected chi connectivity index (χ4v) is 3.85. The normalized spacial score (nSPS) is 11.8. The molecule has 1 aromatic heterocycles. The molecule has 2 aromatic carbocycles. The summed E-state index contributed by atoms with van der Waals surface area (Å²) >= 11 is 24.7. The highest BCUT2D eigenvalue weighted by Gasteiger charge is 2.17. The molecule has 1 unspecified atom stereocenters. The van der Waals surface area contributed by atoms with Crippen molar-refractivity contribution in [3.63, 3.8) is 0 Å². The van der Waals surface area contributed by atoms with Gasteiger partial charge in [0.25, 0.3) is 0 Å². The minimum atomic E-state index is 0. The van der Waals surface area contributed by atoms with Gasteiger partial charge < -0.3 is 0 Å². The Morgan fingerprint density at radius 1 is 0.923 bits per heavy atom. The van der Waals surface area contributed by atoms with Crippen molar-refractivity contribution in [3.8, 4) is 0 Å². The van der Waals surface area contributed by atoms with Crippen LogP contribution in [0.2, 0.25) is 20.1 Å². The monoisotopic (exact) mass is 449 g/mol. The molecule has 3 rings (SSSR count). The summed E-state index contributed by atoms with van der Waals surface area (Å²) in [6, 6.07) is 11.2. The van der Waals surface area contributed by atoms with E-state index in [9.17, 15) is 0 Å². The minimum absolute atomic E-state index is 0. The van der Waals surface area contributed by atoms with Gasteiger partial charge in [-0.05, 0) is 48.2 Å². The van der Waals surface area contributed by atoms with Gasteiger partial charge in [0.1, 0.15) is 12.7 Å². The molecule has 0 aliphatic rings. The molecule has 26 heavy (non-hydrogen) atoms. The van der Waals surface area contributed by atoms with Crippen molar-refractivity contribution in [3.05, 3.63) is 80.3 Å². The first kappa shape index (κ1) is 21.3. The summed E-state index contributed by atoms with van der Waals surface area (Å²) in [5.41, 5.74) is 2.09. The Morgan fingerprint density at radius 2 is 1.62 bits per heavy atom. The fraction of sp³-hybridized carbons (Fsp3) is 0.222. The van der Waals surface area contributed by atoms with Crippen LogP contribution in [0.4, 0.5) is 0 Å². The van der Waals surface area contributed by atoms with Gasteiger partial charge in [-0.1, -0.05) is 58.5 Å². The number of nitrogens with zero attached hydrogens (tertiary/aromatic N) is 3. The lowest BCUT2D eigenvalue weighted by atomic mass is 9.92. The minimum Gasteiger partial charge on any atom is -0.252 e. The van der Waals surface area contributed by atoms with E-state index in [0.29, 0.717) is 26.6 Å². The van der Waals surface area contributed by atoms with Crippen LogP contribution in [-0.4, -0.2) is 14.8 Å². The van der Waals surface area contributed by atoms with Gasteiger partial charge in [-0.3, -0.25) is 4.68 Å². The average molecular weight is 452 g/mol. The highest BCUT2D eigenvalue weighted by molar-refractivity contribution is 6.35. The van der Waals surface area contributed by atoms with Crippen molar-refractivity contribution < 1.29 is 0 Å². The lowest BCUT2D eigenvalue weighted by Crippen LogP contribution is -2.11. The van der Waals surface area contributed by atoms with Crippen LogP contribution in [0.25, 0.3) is 0 Å². The fourth-order valence-electron chi connectivity index (χ4n) is 2.78. The van der Waals surface area contributed by atoms with E-state index in [4.69, 9.17) is 46.4 Å². The third kappa shape index (κ3) is 5.51. The topological polar surface area (TPSA) is 30.7 Å². The first-order valence-electron chi connectivity index (χ1n) is 7.74. The second-order valence-electron chi connectivity index (χ2n) is 5.75. The highest BCUT2D eigenvalue weighted by atomic mass is 35.5. The van der Waals surface area contributed by atoms with Gasteiger partial charge in [0.05, 0.1) is 0 Å². The van der Waals surface area contributed by atoms with E-state index in [1.54, 1.807) is 23.1 Å². The van der Waals surface area contributed by atoms with Crippen molar-refractivity contribution in [2.24, 2.45) is 0 Å². The van der Waals surface area contributed by atoms with Crippen molar-refractivity contribution in [2.75, 3.05) is 0 Å². The Kier molecular flexibility index (Phi) is 8.05. The van der Waals surface area contributed by atoms with Gasteiger partial charge >= 0.3 is 0 Å². The summed E-state index contributed by atoms with van der Waals surface area (Å²) in [4.78, 5) is 4.01. The van der Waals surface area contributed by atoms with Gasteiger partial charge in [-0.2, -0.15) is 5.10 Å². The molecule has 0 fully saturated rings. The lowest BCUT2D eigenvalue weighted by Gasteiger charge is -2.19. The van der Waals surface area contributed by atoms with Crippen LogP contribution in [0, 0.1) is 0 Å². The standard InChI is InChI=1S/C18H15Cl4N3.ClH/c19-14-4-3-12(17(21)7-14)1-2-13(9-25-11-23-10-24-25)16-6-5-15(20)8-18(16)22;/h3-8,10-11,13H,1-2,9H2;1H. The maximum atomic E-state index is 6.42. The molecule has 1 atom stereocenters. The molecule has 0 amide bonds. The van der Waals surface area contributed by atoms with Crippen LogP contribution in [0.1, 0.15) is 23.5 Å². The van der Waals surface area contributed by atoms with E-state index >= 15 is 0 Å². The summed E-state index contributed by atoms with van der Waals surface area (Å²) in [5.74, 6) is 0.151. The van der Waals surface area contributed by atoms with Gasteiger partial charge in [-0.25, -0.2) is 4.98 Å². The second kappa shape index (κ2) is 9.82. The number of rotatable bonds is 6. The van der Waals surface area contributed by atoms with E-state index in [0.717, 1.165) is 24.0 Å². The number of aryl methyl sites for hydroxylation is 1. The number of halogens is 5. The first-order valence-corrected chi connectivity index (χ1v) is 9.25. The van der Waals surface area contributed by atoms with Crippen LogP contribution in [0.5, 0.6) is 0 Å². The third-order valence-electron chi connectivity index (χ3n) is 4.05. The Balaban J connectivity index is 0.00000243. The van der Waals surface area contributed by atoms with Crippen LogP contribution in [-0.2, 0) is 13.0 Å². The summed E-state index contributed by atoms with van der Waals surface area (Å²) < 4.78 is 1.80. The number of hydrogen-bond acceptors (Lipinski definition) is 2. The van der Waals surface area contributed by atoms with Crippen molar-refractivity contribution in [1.82, 2.24) is 14.8 Å². The molecule has 3 nitrogen and oxygen atoms in total. The molecular formula is C18H16Cl5N3. The third-order valence-corrected chi connectivity index (χ3v) is 5.20. The Morgan fingerprint density at radius 3 is 2.23 bits per heavy atom. The molecule has 0 bridgehead atoms. The first-order chi connectivity index (χ1) is 12.0. The number of benzene rings is 2. The lowest BCUT2D eigenvalue weighted by molar-refractivity contribution is 0.488. The molecule has 0 N–H and O–H groups in total. The van der Waals surface area contributed by atoms with Crippen molar-refractivity contribution in [2.45, 2.75) is 25.3 Å². The molecule has 8 heteroatoms. The number of aromatic nitrogens is 3. The smallest absolute Gasteiger partial charge is 0.137 e. The molecule has 1 heterocycles. The molecule has 0 aliphatic carbocycles. The quantitative estimate of drug-likeness (QED) is 0.416. The van der Waals surface area contributed by atoms with Crippen LogP contribution < -0.4 is 0 Å². The molecule has 0 saturated carbocycles. The van der Waals surface area contributed by atoms with E-state index in [1.807, 2.05) is 24.3 Å². The largest absolute Gasteiger partial charge is 0.252 e. The van der Waals surface area contributed by atoms with Gasteiger partial charge in [-0.15, -0.1) is 12.4 Å². The van der Waals surface area contributed by atoms with Crippen molar-refractivity contribution >= 4 is 58.8 Å². The van der Waals surface area contributed by atoms with Crippen LogP contribution in [0.3, 0.4) is 0 Å². The van der Waals surface area contributed by atoms with Gasteiger partial charge in [0, 0.05) is 32.6 Å².